The SMILES string of the molecule is C1=CC(C2=C(C3=CN=COS3)C(c3cccnn3)=NOS2)=NSO1. The minimum absolute atomic E-state index is 0.531. The molecule has 4 rings (SSSR count). The second-order valence-corrected chi connectivity index (χ2v) is 6.34. The Morgan fingerprint density at radius 1 is 1.12 bits per heavy atom. The van der Waals surface area contributed by atoms with Gasteiger partial charge in [-0.2, -0.15) is 9.50 Å². The Bertz CT molecular complexity index is 833. The molecule has 0 bridgehead atoms. The van der Waals surface area contributed by atoms with Crippen molar-refractivity contribution >= 4 is 54.1 Å². The molecule has 4 heterocycles. The van der Waals surface area contributed by atoms with E-state index >= 15 is 0 Å². The molecule has 0 aliphatic carbocycles. The molecule has 1 aromatic rings. The van der Waals surface area contributed by atoms with Crippen LogP contribution in [0, 0.1) is 0 Å². The molecule has 0 aromatic carbocycles. The Morgan fingerprint density at radius 2 is 2.12 bits per heavy atom. The Balaban J connectivity index is 1.87. The molecule has 0 saturated carbocycles. The van der Waals surface area contributed by atoms with E-state index in [1.165, 1.54) is 18.4 Å². The molecular formula is C13H7N5O3S3. The molecule has 24 heavy (non-hydrogen) atoms. The summed E-state index contributed by atoms with van der Waals surface area (Å²) in [6, 6.07) is 3.58. The molecule has 120 valence electrons. The quantitative estimate of drug-likeness (QED) is 0.586. The summed E-state index contributed by atoms with van der Waals surface area (Å²) in [5.74, 6) is 0. The number of rotatable bonds is 3. The highest BCUT2D eigenvalue weighted by atomic mass is 32.2. The first-order valence-corrected chi connectivity index (χ1v) is 8.69. The summed E-state index contributed by atoms with van der Waals surface area (Å²) in [4.78, 5) is 5.57. The van der Waals surface area contributed by atoms with Gasteiger partial charge in [0, 0.05) is 24.0 Å². The van der Waals surface area contributed by atoms with E-state index in [9.17, 15) is 0 Å². The second kappa shape index (κ2) is 7.11. The normalized spacial score (nSPS) is 19.6. The summed E-state index contributed by atoms with van der Waals surface area (Å²) in [6.07, 6.45) is 7.96. The lowest BCUT2D eigenvalue weighted by atomic mass is 10.0. The predicted molar refractivity (Wildman–Crippen MR) is 94.8 cm³/mol. The van der Waals surface area contributed by atoms with Gasteiger partial charge in [0.05, 0.1) is 27.6 Å². The van der Waals surface area contributed by atoms with Crippen LogP contribution in [0.4, 0.5) is 0 Å². The molecule has 0 saturated heterocycles. The minimum Gasteiger partial charge on any atom is -0.412 e. The maximum atomic E-state index is 5.32. The van der Waals surface area contributed by atoms with E-state index in [2.05, 4.69) is 24.7 Å². The number of hydrogen-bond donors (Lipinski definition) is 0. The predicted octanol–water partition coefficient (Wildman–Crippen LogP) is 3.21. The smallest absolute Gasteiger partial charge is 0.201 e. The first-order valence-electron chi connectivity index (χ1n) is 6.51. The lowest BCUT2D eigenvalue weighted by Gasteiger charge is -2.20. The van der Waals surface area contributed by atoms with Crippen LogP contribution < -0.4 is 0 Å². The number of allylic oxidation sites excluding steroid dienone is 3. The Hall–Kier alpha value is -2.24. The highest BCUT2D eigenvalue weighted by Crippen LogP contribution is 2.40. The van der Waals surface area contributed by atoms with E-state index < -0.39 is 0 Å². The van der Waals surface area contributed by atoms with E-state index in [0.29, 0.717) is 17.1 Å². The number of aromatic nitrogens is 2. The molecule has 8 nitrogen and oxygen atoms in total. The number of nitrogens with zero attached hydrogens (tertiary/aromatic N) is 5. The van der Waals surface area contributed by atoms with Gasteiger partial charge in [-0.1, -0.05) is 5.16 Å². The van der Waals surface area contributed by atoms with Crippen molar-refractivity contribution in [2.45, 2.75) is 0 Å². The number of aliphatic imine (C=N–C) groups is 1. The Kier molecular flexibility index (Phi) is 4.53. The molecule has 0 unspecified atom stereocenters. The topological polar surface area (TPSA) is 90.6 Å². The Morgan fingerprint density at radius 3 is 2.88 bits per heavy atom. The van der Waals surface area contributed by atoms with Crippen LogP contribution >= 0.6 is 36.3 Å². The lowest BCUT2D eigenvalue weighted by Crippen LogP contribution is -2.18. The fraction of sp³-hybridized carbons (Fsp3) is 0. The zero-order chi connectivity index (χ0) is 16.2. The van der Waals surface area contributed by atoms with Crippen molar-refractivity contribution in [3.05, 3.63) is 57.9 Å². The van der Waals surface area contributed by atoms with Crippen molar-refractivity contribution in [3.8, 4) is 0 Å². The summed E-state index contributed by atoms with van der Waals surface area (Å²) < 4.78 is 19.9. The fourth-order valence-corrected chi connectivity index (χ4v) is 3.70. The summed E-state index contributed by atoms with van der Waals surface area (Å²) >= 11 is 3.26. The van der Waals surface area contributed by atoms with Crippen molar-refractivity contribution in [3.63, 3.8) is 0 Å². The van der Waals surface area contributed by atoms with E-state index in [-0.39, 0.29) is 0 Å². The highest BCUT2D eigenvalue weighted by molar-refractivity contribution is 8.01. The van der Waals surface area contributed by atoms with Crippen LogP contribution in [0.2, 0.25) is 0 Å². The van der Waals surface area contributed by atoms with Crippen LogP contribution in [0.15, 0.2) is 66.8 Å². The monoisotopic (exact) mass is 377 g/mol. The summed E-state index contributed by atoms with van der Waals surface area (Å²) in [5.41, 5.74) is 2.56. The molecule has 0 atom stereocenters. The standard InChI is InChI=1S/C13H7N5O3S3/c1-2-8(16-15-4-1)12-11(10-6-14-7-20-22-10)13(23-21-17-12)9-3-5-19-24-18-9/h1-7H. The third-order valence-corrected chi connectivity index (χ3v) is 4.77. The van der Waals surface area contributed by atoms with E-state index in [1.807, 2.05) is 0 Å². The van der Waals surface area contributed by atoms with Crippen LogP contribution in [0.1, 0.15) is 5.69 Å². The van der Waals surface area contributed by atoms with Crippen LogP contribution in [0.25, 0.3) is 0 Å². The zero-order valence-electron chi connectivity index (χ0n) is 11.7. The molecule has 0 spiro atoms. The number of oxime groups is 1. The maximum Gasteiger partial charge on any atom is 0.201 e. The molecule has 3 aliphatic rings. The number of hydrogen-bond acceptors (Lipinski definition) is 11. The van der Waals surface area contributed by atoms with Gasteiger partial charge in [-0.15, -0.1) is 5.10 Å². The average molecular weight is 377 g/mol. The average Bonchev–Trinajstić information content (AvgIpc) is 2.69. The summed E-state index contributed by atoms with van der Waals surface area (Å²) in [7, 11) is 0. The van der Waals surface area contributed by atoms with Crippen LogP contribution in [0.5, 0.6) is 0 Å². The van der Waals surface area contributed by atoms with Crippen molar-refractivity contribution in [1.82, 2.24) is 10.2 Å². The maximum absolute atomic E-state index is 5.32. The Labute approximate surface area is 149 Å². The van der Waals surface area contributed by atoms with Gasteiger partial charge in [0.15, 0.2) is 6.40 Å². The summed E-state index contributed by atoms with van der Waals surface area (Å²) in [5, 5.41) is 12.2. The van der Waals surface area contributed by atoms with Crippen molar-refractivity contribution in [1.29, 1.82) is 0 Å². The third kappa shape index (κ3) is 3.05. The highest BCUT2D eigenvalue weighted by Gasteiger charge is 2.30. The first kappa shape index (κ1) is 15.3. The van der Waals surface area contributed by atoms with Gasteiger partial charge in [-0.05, 0) is 12.1 Å². The zero-order valence-corrected chi connectivity index (χ0v) is 14.2. The van der Waals surface area contributed by atoms with Crippen LogP contribution in [-0.4, -0.2) is 28.0 Å². The lowest BCUT2D eigenvalue weighted by molar-refractivity contribution is 0.406. The largest absolute Gasteiger partial charge is 0.412 e. The molecule has 11 heteroatoms. The van der Waals surface area contributed by atoms with Crippen LogP contribution in [0.3, 0.4) is 0 Å². The van der Waals surface area contributed by atoms with Gasteiger partial charge < -0.3 is 12.6 Å². The molecule has 0 N–H and O–H groups in total. The van der Waals surface area contributed by atoms with Crippen LogP contribution in [-0.2, 0) is 12.6 Å². The molecule has 3 aliphatic heterocycles. The molecule has 0 fully saturated rings. The molecule has 0 amide bonds. The molecular weight excluding hydrogens is 370 g/mol. The van der Waals surface area contributed by atoms with Gasteiger partial charge in [0.2, 0.25) is 12.2 Å². The molecule has 0 radical (unpaired) electrons. The van der Waals surface area contributed by atoms with Gasteiger partial charge in [0.1, 0.15) is 29.7 Å². The van der Waals surface area contributed by atoms with Crippen molar-refractivity contribution in [2.24, 2.45) is 14.5 Å². The van der Waals surface area contributed by atoms with Gasteiger partial charge in [0.25, 0.3) is 0 Å². The molecule has 1 aromatic heterocycles. The van der Waals surface area contributed by atoms with E-state index in [1.54, 1.807) is 36.9 Å². The first-order chi connectivity index (χ1) is 11.9. The van der Waals surface area contributed by atoms with E-state index in [4.69, 9.17) is 12.6 Å². The van der Waals surface area contributed by atoms with Gasteiger partial charge in [-0.3, -0.25) is 0 Å². The fourth-order valence-electron chi connectivity index (χ4n) is 1.94. The summed E-state index contributed by atoms with van der Waals surface area (Å²) in [6.45, 7) is 0. The van der Waals surface area contributed by atoms with Gasteiger partial charge >= 0.3 is 0 Å². The van der Waals surface area contributed by atoms with Gasteiger partial charge in [-0.25, -0.2) is 4.99 Å². The van der Waals surface area contributed by atoms with Crippen molar-refractivity contribution < 1.29 is 12.6 Å². The van der Waals surface area contributed by atoms with Crippen molar-refractivity contribution in [2.75, 3.05) is 0 Å². The second-order valence-electron chi connectivity index (χ2n) is 4.29. The van der Waals surface area contributed by atoms with E-state index in [0.717, 1.165) is 39.7 Å². The third-order valence-electron chi connectivity index (χ3n) is 2.90. The minimum atomic E-state index is 0.531.